The van der Waals surface area contributed by atoms with Crippen molar-refractivity contribution in [3.63, 3.8) is 0 Å². The van der Waals surface area contributed by atoms with Crippen LogP contribution >= 0.6 is 0 Å². The molecule has 0 aliphatic heterocycles. The van der Waals surface area contributed by atoms with Crippen LogP contribution < -0.4 is 0 Å². The summed E-state index contributed by atoms with van der Waals surface area (Å²) in [4.78, 5) is 0. The van der Waals surface area contributed by atoms with E-state index >= 15 is 0 Å². The van der Waals surface area contributed by atoms with Crippen LogP contribution in [-0.4, -0.2) is 11.7 Å². The van der Waals surface area contributed by atoms with Crippen molar-refractivity contribution in [2.75, 3.05) is 6.61 Å². The van der Waals surface area contributed by atoms with E-state index in [-0.39, 0.29) is 12.5 Å². The molecule has 0 saturated carbocycles. The van der Waals surface area contributed by atoms with Crippen LogP contribution in [0, 0.1) is 17.2 Å². The zero-order chi connectivity index (χ0) is 8.81. The number of rotatable bonds is 3. The maximum atomic E-state index is 8.76. The predicted octanol–water partition coefficient (Wildman–Crippen LogP) is 1.36. The lowest BCUT2D eigenvalue weighted by atomic mass is 10.0. The molecule has 1 atom stereocenters. The molecule has 62 valence electrons. The summed E-state index contributed by atoms with van der Waals surface area (Å²) in [5, 5.41) is 17.3. The third-order valence-electron chi connectivity index (χ3n) is 1.73. The van der Waals surface area contributed by atoms with Crippen molar-refractivity contribution < 1.29 is 5.11 Å². The van der Waals surface area contributed by atoms with Gasteiger partial charge in [0.15, 0.2) is 0 Å². The Labute approximate surface area is 72.1 Å². The quantitative estimate of drug-likeness (QED) is 0.727. The highest BCUT2D eigenvalue weighted by atomic mass is 16.3. The van der Waals surface area contributed by atoms with E-state index in [1.807, 2.05) is 30.3 Å². The molecule has 1 N–H and O–H groups in total. The first kappa shape index (κ1) is 8.76. The summed E-state index contributed by atoms with van der Waals surface area (Å²) in [5.74, 6) is -0.271. The highest BCUT2D eigenvalue weighted by Crippen LogP contribution is 2.06. The Bertz CT molecular complexity index is 263. The van der Waals surface area contributed by atoms with Gasteiger partial charge in [-0.15, -0.1) is 0 Å². The lowest BCUT2D eigenvalue weighted by Crippen LogP contribution is -2.06. The number of nitrogens with zero attached hydrogens (tertiary/aromatic N) is 1. The second-order valence-electron chi connectivity index (χ2n) is 2.70. The average molecular weight is 161 g/mol. The van der Waals surface area contributed by atoms with Gasteiger partial charge in [0.1, 0.15) is 0 Å². The third-order valence-corrected chi connectivity index (χ3v) is 1.73. The van der Waals surface area contributed by atoms with Crippen molar-refractivity contribution in [1.29, 1.82) is 5.26 Å². The molecule has 12 heavy (non-hydrogen) atoms. The minimum atomic E-state index is -0.271. The molecule has 0 bridgehead atoms. The van der Waals surface area contributed by atoms with Crippen molar-refractivity contribution in [2.45, 2.75) is 6.42 Å². The molecule has 0 radical (unpaired) electrons. The summed E-state index contributed by atoms with van der Waals surface area (Å²) in [5.41, 5.74) is 1.10. The fraction of sp³-hybridized carbons (Fsp3) is 0.300. The van der Waals surface area contributed by atoms with Gasteiger partial charge >= 0.3 is 0 Å². The molecule has 0 aromatic heterocycles. The van der Waals surface area contributed by atoms with E-state index in [9.17, 15) is 0 Å². The third kappa shape index (κ3) is 2.37. The normalized spacial score (nSPS) is 12.0. The molecule has 0 heterocycles. The summed E-state index contributed by atoms with van der Waals surface area (Å²) >= 11 is 0. The van der Waals surface area contributed by atoms with Gasteiger partial charge in [-0.25, -0.2) is 0 Å². The molecule has 1 aromatic carbocycles. The van der Waals surface area contributed by atoms with Gasteiger partial charge in [-0.3, -0.25) is 0 Å². The van der Waals surface area contributed by atoms with Crippen LogP contribution in [0.25, 0.3) is 0 Å². The second-order valence-corrected chi connectivity index (χ2v) is 2.70. The molecule has 2 nitrogen and oxygen atoms in total. The monoisotopic (exact) mass is 161 g/mol. The van der Waals surface area contributed by atoms with Gasteiger partial charge in [-0.1, -0.05) is 30.3 Å². The summed E-state index contributed by atoms with van der Waals surface area (Å²) in [6.07, 6.45) is 0.633. The SMILES string of the molecule is N#C[C@H](CO)Cc1ccccc1. The number of aliphatic hydroxyl groups is 1. The van der Waals surface area contributed by atoms with Gasteiger partial charge in [0.2, 0.25) is 0 Å². The van der Waals surface area contributed by atoms with Crippen LogP contribution in [0.1, 0.15) is 5.56 Å². The first-order valence-electron chi connectivity index (χ1n) is 3.91. The van der Waals surface area contributed by atoms with E-state index < -0.39 is 0 Å². The van der Waals surface area contributed by atoms with Crippen LogP contribution in [0.2, 0.25) is 0 Å². The van der Waals surface area contributed by atoms with Crippen molar-refractivity contribution in [3.05, 3.63) is 35.9 Å². The minimum absolute atomic E-state index is 0.0641. The molecule has 0 unspecified atom stereocenters. The zero-order valence-electron chi connectivity index (χ0n) is 6.77. The Hall–Kier alpha value is -1.33. The molecule has 0 spiro atoms. The van der Waals surface area contributed by atoms with Crippen molar-refractivity contribution >= 4 is 0 Å². The van der Waals surface area contributed by atoms with Crippen LogP contribution in [-0.2, 0) is 6.42 Å². The molecular formula is C10H11NO. The van der Waals surface area contributed by atoms with Crippen molar-refractivity contribution in [3.8, 4) is 6.07 Å². The van der Waals surface area contributed by atoms with Gasteiger partial charge in [0.05, 0.1) is 18.6 Å². The molecular weight excluding hydrogens is 150 g/mol. The molecule has 2 heteroatoms. The van der Waals surface area contributed by atoms with Crippen LogP contribution in [0.4, 0.5) is 0 Å². The summed E-state index contributed by atoms with van der Waals surface area (Å²) < 4.78 is 0. The fourth-order valence-electron chi connectivity index (χ4n) is 1.05. The Morgan fingerprint density at radius 3 is 2.50 bits per heavy atom. The Balaban J connectivity index is 2.58. The molecule has 1 rings (SSSR count). The predicted molar refractivity (Wildman–Crippen MR) is 46.3 cm³/mol. The molecule has 0 amide bonds. The van der Waals surface area contributed by atoms with E-state index in [0.29, 0.717) is 6.42 Å². The Morgan fingerprint density at radius 2 is 2.00 bits per heavy atom. The van der Waals surface area contributed by atoms with Gasteiger partial charge in [-0.2, -0.15) is 5.26 Å². The standard InChI is InChI=1S/C10H11NO/c11-7-10(8-12)6-9-4-2-1-3-5-9/h1-5,10,12H,6,8H2/t10-/m1/s1. The van der Waals surface area contributed by atoms with Crippen molar-refractivity contribution in [2.24, 2.45) is 5.92 Å². The largest absolute Gasteiger partial charge is 0.395 e. The second kappa shape index (κ2) is 4.53. The number of nitriles is 1. The molecule has 0 aliphatic rings. The smallest absolute Gasteiger partial charge is 0.0734 e. The maximum Gasteiger partial charge on any atom is 0.0734 e. The Morgan fingerprint density at radius 1 is 1.33 bits per heavy atom. The highest BCUT2D eigenvalue weighted by Gasteiger charge is 2.05. The lowest BCUT2D eigenvalue weighted by molar-refractivity contribution is 0.255. The van der Waals surface area contributed by atoms with Gasteiger partial charge < -0.3 is 5.11 Å². The average Bonchev–Trinajstić information content (AvgIpc) is 2.16. The zero-order valence-corrected chi connectivity index (χ0v) is 6.77. The molecule has 1 aromatic rings. The van der Waals surface area contributed by atoms with E-state index in [2.05, 4.69) is 6.07 Å². The Kier molecular flexibility index (Phi) is 3.31. The maximum absolute atomic E-state index is 8.76. The summed E-state index contributed by atoms with van der Waals surface area (Å²) in [6, 6.07) is 11.8. The van der Waals surface area contributed by atoms with E-state index in [0.717, 1.165) is 5.56 Å². The van der Waals surface area contributed by atoms with Gasteiger partial charge in [0.25, 0.3) is 0 Å². The lowest BCUT2D eigenvalue weighted by Gasteiger charge is -2.03. The summed E-state index contributed by atoms with van der Waals surface area (Å²) in [6.45, 7) is -0.0641. The summed E-state index contributed by atoms with van der Waals surface area (Å²) in [7, 11) is 0. The van der Waals surface area contributed by atoms with Crippen molar-refractivity contribution in [1.82, 2.24) is 0 Å². The van der Waals surface area contributed by atoms with Gasteiger partial charge in [-0.05, 0) is 12.0 Å². The minimum Gasteiger partial charge on any atom is -0.395 e. The number of benzene rings is 1. The number of hydrogen-bond acceptors (Lipinski definition) is 2. The number of hydrogen-bond donors (Lipinski definition) is 1. The molecule has 0 saturated heterocycles. The van der Waals surface area contributed by atoms with E-state index in [1.54, 1.807) is 0 Å². The number of aliphatic hydroxyl groups excluding tert-OH is 1. The molecule has 0 aliphatic carbocycles. The van der Waals surface area contributed by atoms with Gasteiger partial charge in [0, 0.05) is 0 Å². The topological polar surface area (TPSA) is 44.0 Å². The first-order valence-corrected chi connectivity index (χ1v) is 3.91. The fourth-order valence-corrected chi connectivity index (χ4v) is 1.05. The van der Waals surface area contributed by atoms with Crippen LogP contribution in [0.15, 0.2) is 30.3 Å². The highest BCUT2D eigenvalue weighted by molar-refractivity contribution is 5.16. The van der Waals surface area contributed by atoms with Crippen LogP contribution in [0.3, 0.4) is 0 Å². The molecule has 0 fully saturated rings. The van der Waals surface area contributed by atoms with Crippen LogP contribution in [0.5, 0.6) is 0 Å². The van der Waals surface area contributed by atoms with E-state index in [1.165, 1.54) is 0 Å². The van der Waals surface area contributed by atoms with E-state index in [4.69, 9.17) is 10.4 Å². The first-order chi connectivity index (χ1) is 5.86.